The Hall–Kier alpha value is -0.980. The molecule has 2 fully saturated rings. The van der Waals surface area contributed by atoms with Crippen LogP contribution in [0.4, 0.5) is 0 Å². The third-order valence-electron chi connectivity index (χ3n) is 6.36. The lowest BCUT2D eigenvalue weighted by Gasteiger charge is -2.39. The van der Waals surface area contributed by atoms with Crippen LogP contribution in [0, 0.1) is 23.7 Å². The summed E-state index contributed by atoms with van der Waals surface area (Å²) in [5, 5.41) is 10.3. The molecule has 1 N–H and O–H groups in total. The van der Waals surface area contributed by atoms with Crippen LogP contribution in [0.25, 0.3) is 0 Å². The molecule has 2 aliphatic carbocycles. The third kappa shape index (κ3) is 1.34. The van der Waals surface area contributed by atoms with Crippen molar-refractivity contribution >= 4 is 0 Å². The fourth-order valence-corrected chi connectivity index (χ4v) is 4.62. The van der Waals surface area contributed by atoms with E-state index in [-0.39, 0.29) is 0 Å². The van der Waals surface area contributed by atoms with E-state index in [0.717, 1.165) is 11.5 Å². The molecule has 0 heterocycles. The third-order valence-corrected chi connectivity index (χ3v) is 6.36. The zero-order valence-electron chi connectivity index (χ0n) is 12.0. The molecule has 0 amide bonds. The molecule has 0 radical (unpaired) electrons. The van der Waals surface area contributed by atoms with Gasteiger partial charge in [0.15, 0.2) is 0 Å². The maximum atomic E-state index is 10.3. The first-order valence-corrected chi connectivity index (χ1v) is 7.16. The van der Waals surface area contributed by atoms with Crippen molar-refractivity contribution in [2.75, 3.05) is 0 Å². The lowest BCUT2D eigenvalue weighted by atomic mass is 9.65. The zero-order chi connectivity index (χ0) is 13.1. The Balaban J connectivity index is 2.05. The maximum absolute atomic E-state index is 10.3. The molecule has 98 valence electrons. The standard InChI is InChI=1S/C17H24O/c1-11-5-6-13(15(18)9-11)14-10-12-7-8-17(14,4)16(12,2)3/h5-6,9,12,14,18H,7-8,10H2,1-4H3/t12-,14+,17+/m1/s1. The first-order valence-electron chi connectivity index (χ1n) is 7.16. The Labute approximate surface area is 110 Å². The van der Waals surface area contributed by atoms with Gasteiger partial charge >= 0.3 is 0 Å². The van der Waals surface area contributed by atoms with Crippen LogP contribution in [0.5, 0.6) is 5.75 Å². The molecule has 2 aliphatic rings. The fourth-order valence-electron chi connectivity index (χ4n) is 4.62. The highest BCUT2D eigenvalue weighted by molar-refractivity contribution is 5.41. The van der Waals surface area contributed by atoms with Crippen molar-refractivity contribution in [2.45, 2.75) is 52.9 Å². The van der Waals surface area contributed by atoms with Gasteiger partial charge in [-0.05, 0) is 66.0 Å². The molecule has 1 aromatic carbocycles. The van der Waals surface area contributed by atoms with Crippen LogP contribution in [0.3, 0.4) is 0 Å². The van der Waals surface area contributed by atoms with E-state index in [1.54, 1.807) is 0 Å². The minimum absolute atomic E-state index is 0.352. The molecule has 3 atom stereocenters. The molecule has 18 heavy (non-hydrogen) atoms. The molecular weight excluding hydrogens is 220 g/mol. The molecule has 3 rings (SSSR count). The summed E-state index contributed by atoms with van der Waals surface area (Å²) in [4.78, 5) is 0. The van der Waals surface area contributed by atoms with Gasteiger partial charge in [-0.2, -0.15) is 0 Å². The summed E-state index contributed by atoms with van der Waals surface area (Å²) in [6, 6.07) is 6.20. The topological polar surface area (TPSA) is 20.2 Å². The van der Waals surface area contributed by atoms with E-state index in [1.165, 1.54) is 24.8 Å². The van der Waals surface area contributed by atoms with E-state index < -0.39 is 0 Å². The minimum atomic E-state index is 0.352. The quantitative estimate of drug-likeness (QED) is 0.763. The second kappa shape index (κ2) is 3.53. The number of aryl methyl sites for hydroxylation is 1. The first kappa shape index (κ1) is 12.1. The van der Waals surface area contributed by atoms with Crippen LogP contribution in [-0.4, -0.2) is 5.11 Å². The molecule has 2 saturated carbocycles. The van der Waals surface area contributed by atoms with Crippen molar-refractivity contribution in [3.8, 4) is 5.75 Å². The van der Waals surface area contributed by atoms with Crippen molar-refractivity contribution in [2.24, 2.45) is 16.7 Å². The summed E-state index contributed by atoms with van der Waals surface area (Å²) in [7, 11) is 0. The van der Waals surface area contributed by atoms with E-state index in [2.05, 4.69) is 32.9 Å². The van der Waals surface area contributed by atoms with Gasteiger partial charge in [0.25, 0.3) is 0 Å². The Morgan fingerprint density at radius 3 is 2.44 bits per heavy atom. The second-order valence-corrected chi connectivity index (χ2v) is 7.23. The predicted octanol–water partition coefficient (Wildman–Crippen LogP) is 4.63. The molecule has 0 aromatic heterocycles. The Kier molecular flexibility index (Phi) is 2.36. The summed E-state index contributed by atoms with van der Waals surface area (Å²) < 4.78 is 0. The van der Waals surface area contributed by atoms with E-state index >= 15 is 0 Å². The van der Waals surface area contributed by atoms with Crippen LogP contribution in [-0.2, 0) is 0 Å². The van der Waals surface area contributed by atoms with Gasteiger partial charge in [-0.25, -0.2) is 0 Å². The summed E-state index contributed by atoms with van der Waals surface area (Å²) in [6.07, 6.45) is 3.93. The van der Waals surface area contributed by atoms with E-state index in [0.29, 0.717) is 22.5 Å². The van der Waals surface area contributed by atoms with Gasteiger partial charge < -0.3 is 5.11 Å². The molecule has 0 aliphatic heterocycles. The molecule has 1 aromatic rings. The summed E-state index contributed by atoms with van der Waals surface area (Å²) in [6.45, 7) is 9.33. The summed E-state index contributed by atoms with van der Waals surface area (Å²) in [5.41, 5.74) is 3.08. The normalized spacial score (nSPS) is 37.1. The largest absolute Gasteiger partial charge is 0.508 e. The number of phenolic OH excluding ortho intramolecular Hbond substituents is 1. The molecular formula is C17H24O. The van der Waals surface area contributed by atoms with Gasteiger partial charge in [-0.3, -0.25) is 0 Å². The van der Waals surface area contributed by atoms with E-state index in [4.69, 9.17) is 0 Å². The van der Waals surface area contributed by atoms with Gasteiger partial charge in [-0.15, -0.1) is 0 Å². The molecule has 0 unspecified atom stereocenters. The van der Waals surface area contributed by atoms with E-state index in [1.807, 2.05) is 13.0 Å². The van der Waals surface area contributed by atoms with Crippen LogP contribution in [0.2, 0.25) is 0 Å². The number of benzene rings is 1. The second-order valence-electron chi connectivity index (χ2n) is 7.23. The van der Waals surface area contributed by atoms with Crippen molar-refractivity contribution < 1.29 is 5.11 Å². The van der Waals surface area contributed by atoms with Crippen LogP contribution in [0.1, 0.15) is 57.1 Å². The molecule has 1 nitrogen and oxygen atoms in total. The maximum Gasteiger partial charge on any atom is 0.119 e. The lowest BCUT2D eigenvalue weighted by Crippen LogP contribution is -2.31. The van der Waals surface area contributed by atoms with Crippen molar-refractivity contribution in [1.29, 1.82) is 0 Å². The highest BCUT2D eigenvalue weighted by Crippen LogP contribution is 2.71. The van der Waals surface area contributed by atoms with Crippen molar-refractivity contribution in [3.63, 3.8) is 0 Å². The number of rotatable bonds is 1. The van der Waals surface area contributed by atoms with Crippen molar-refractivity contribution in [1.82, 2.24) is 0 Å². The van der Waals surface area contributed by atoms with E-state index in [9.17, 15) is 5.11 Å². The highest BCUT2D eigenvalue weighted by atomic mass is 16.3. The average Bonchev–Trinajstić information content (AvgIpc) is 2.61. The van der Waals surface area contributed by atoms with Gasteiger partial charge in [0, 0.05) is 0 Å². The highest BCUT2D eigenvalue weighted by Gasteiger charge is 2.61. The van der Waals surface area contributed by atoms with Crippen LogP contribution >= 0.6 is 0 Å². The smallest absolute Gasteiger partial charge is 0.119 e. The molecule has 0 saturated heterocycles. The number of hydrogen-bond donors (Lipinski definition) is 1. The lowest BCUT2D eigenvalue weighted by molar-refractivity contribution is 0.133. The van der Waals surface area contributed by atoms with Gasteiger partial charge in [0.05, 0.1) is 0 Å². The zero-order valence-corrected chi connectivity index (χ0v) is 12.0. The summed E-state index contributed by atoms with van der Waals surface area (Å²) in [5.74, 6) is 1.87. The number of fused-ring (bicyclic) bond motifs is 2. The average molecular weight is 244 g/mol. The predicted molar refractivity (Wildman–Crippen MR) is 74.8 cm³/mol. The number of phenols is 1. The monoisotopic (exact) mass is 244 g/mol. The van der Waals surface area contributed by atoms with Crippen LogP contribution < -0.4 is 0 Å². The minimum Gasteiger partial charge on any atom is -0.508 e. The summed E-state index contributed by atoms with van der Waals surface area (Å²) >= 11 is 0. The molecule has 2 bridgehead atoms. The number of aromatic hydroxyl groups is 1. The number of hydrogen-bond acceptors (Lipinski definition) is 1. The Morgan fingerprint density at radius 1 is 1.22 bits per heavy atom. The fraction of sp³-hybridized carbons (Fsp3) is 0.647. The van der Waals surface area contributed by atoms with Crippen LogP contribution in [0.15, 0.2) is 18.2 Å². The van der Waals surface area contributed by atoms with Gasteiger partial charge in [0.2, 0.25) is 0 Å². The SMILES string of the molecule is Cc1ccc([C@@H]2C[C@H]3CC[C@]2(C)C3(C)C)c(O)c1. The molecule has 1 heteroatoms. The Morgan fingerprint density at radius 2 is 1.94 bits per heavy atom. The first-order chi connectivity index (χ1) is 8.36. The Bertz CT molecular complexity index is 488. The molecule has 0 spiro atoms. The van der Waals surface area contributed by atoms with Gasteiger partial charge in [0.1, 0.15) is 5.75 Å². The van der Waals surface area contributed by atoms with Gasteiger partial charge in [-0.1, -0.05) is 32.9 Å². The van der Waals surface area contributed by atoms with Crippen molar-refractivity contribution in [3.05, 3.63) is 29.3 Å².